The van der Waals surface area contributed by atoms with Crippen molar-refractivity contribution >= 4 is 0 Å². The molecule has 1 radical (unpaired) electrons. The van der Waals surface area contributed by atoms with Crippen molar-refractivity contribution in [1.29, 1.82) is 0 Å². The van der Waals surface area contributed by atoms with E-state index in [2.05, 4.69) is 30.6 Å². The van der Waals surface area contributed by atoms with Crippen molar-refractivity contribution in [2.24, 2.45) is 5.41 Å². The van der Waals surface area contributed by atoms with Crippen LogP contribution in [0.1, 0.15) is 13.8 Å². The molecule has 83 valence electrons. The van der Waals surface area contributed by atoms with Gasteiger partial charge in [-0.05, 0) is 12.3 Å². The van der Waals surface area contributed by atoms with Crippen molar-refractivity contribution in [3.63, 3.8) is 0 Å². The molecule has 1 heterocycles. The van der Waals surface area contributed by atoms with Crippen molar-refractivity contribution in [1.82, 2.24) is 9.80 Å². The number of aliphatic hydroxyl groups is 1. The van der Waals surface area contributed by atoms with Gasteiger partial charge in [0.2, 0.25) is 0 Å². The fourth-order valence-electron chi connectivity index (χ4n) is 1.92. The van der Waals surface area contributed by atoms with E-state index in [1.807, 2.05) is 0 Å². The SMILES string of the molecule is [CH2]C(C)(C)CN1CCN(CCO)CC1. The Bertz CT molecular complexity index is 157. The van der Waals surface area contributed by atoms with Gasteiger partial charge in [-0.2, -0.15) is 0 Å². The van der Waals surface area contributed by atoms with Crippen LogP contribution in [-0.2, 0) is 0 Å². The fourth-order valence-corrected chi connectivity index (χ4v) is 1.92. The quantitative estimate of drug-likeness (QED) is 0.712. The van der Waals surface area contributed by atoms with Crippen LogP contribution in [-0.4, -0.2) is 60.8 Å². The number of rotatable bonds is 4. The third kappa shape index (κ3) is 4.40. The van der Waals surface area contributed by atoms with Gasteiger partial charge in [-0.25, -0.2) is 0 Å². The fraction of sp³-hybridized carbons (Fsp3) is 0.909. The zero-order valence-electron chi connectivity index (χ0n) is 9.50. The van der Waals surface area contributed by atoms with Gasteiger partial charge in [-0.1, -0.05) is 13.8 Å². The molecule has 1 saturated heterocycles. The summed E-state index contributed by atoms with van der Waals surface area (Å²) in [5.74, 6) is 0. The van der Waals surface area contributed by atoms with Crippen LogP contribution < -0.4 is 0 Å². The molecular weight excluding hydrogens is 176 g/mol. The predicted molar refractivity (Wildman–Crippen MR) is 59.1 cm³/mol. The van der Waals surface area contributed by atoms with E-state index in [0.29, 0.717) is 0 Å². The number of β-amino-alcohol motifs (C(OH)–C–C–N with tert-alkyl or cyclic N) is 1. The number of nitrogens with zero attached hydrogens (tertiary/aromatic N) is 2. The minimum atomic E-state index is 0.152. The third-order valence-corrected chi connectivity index (χ3v) is 2.53. The van der Waals surface area contributed by atoms with Gasteiger partial charge >= 0.3 is 0 Å². The summed E-state index contributed by atoms with van der Waals surface area (Å²) >= 11 is 0. The molecule has 0 atom stereocenters. The highest BCUT2D eigenvalue weighted by Gasteiger charge is 2.20. The van der Waals surface area contributed by atoms with Gasteiger partial charge < -0.3 is 10.0 Å². The predicted octanol–water partition coefficient (Wildman–Crippen LogP) is 0.457. The number of hydrogen-bond donors (Lipinski definition) is 1. The highest BCUT2D eigenvalue weighted by Crippen LogP contribution is 2.15. The smallest absolute Gasteiger partial charge is 0.0558 e. The molecule has 14 heavy (non-hydrogen) atoms. The molecule has 0 aromatic carbocycles. The molecule has 0 aromatic rings. The Morgan fingerprint density at radius 3 is 2.07 bits per heavy atom. The monoisotopic (exact) mass is 199 g/mol. The highest BCUT2D eigenvalue weighted by atomic mass is 16.3. The number of aliphatic hydroxyl groups excluding tert-OH is 1. The first-order valence-electron chi connectivity index (χ1n) is 5.42. The van der Waals surface area contributed by atoms with Crippen molar-refractivity contribution in [2.45, 2.75) is 13.8 Å². The van der Waals surface area contributed by atoms with E-state index in [0.717, 1.165) is 39.3 Å². The van der Waals surface area contributed by atoms with Gasteiger partial charge in [0.15, 0.2) is 0 Å². The third-order valence-electron chi connectivity index (χ3n) is 2.53. The van der Waals surface area contributed by atoms with Gasteiger partial charge in [0.05, 0.1) is 6.61 Å². The standard InChI is InChI=1S/C11H23N2O/c1-11(2,3)10-13-6-4-12(5-7-13)8-9-14/h14H,1,4-10H2,2-3H3. The van der Waals surface area contributed by atoms with Crippen LogP contribution in [0.5, 0.6) is 0 Å². The minimum absolute atomic E-state index is 0.152. The first-order valence-corrected chi connectivity index (χ1v) is 5.42. The largest absolute Gasteiger partial charge is 0.395 e. The number of piperazine rings is 1. The summed E-state index contributed by atoms with van der Waals surface area (Å²) in [5.41, 5.74) is 0.152. The van der Waals surface area contributed by atoms with Crippen LogP contribution in [0.3, 0.4) is 0 Å². The van der Waals surface area contributed by atoms with Crippen LogP contribution in [0.25, 0.3) is 0 Å². The van der Waals surface area contributed by atoms with Gasteiger partial charge in [-0.3, -0.25) is 4.90 Å². The lowest BCUT2D eigenvalue weighted by Crippen LogP contribution is -2.49. The highest BCUT2D eigenvalue weighted by molar-refractivity contribution is 4.79. The van der Waals surface area contributed by atoms with Crippen molar-refractivity contribution in [2.75, 3.05) is 45.9 Å². The Labute approximate surface area is 87.7 Å². The van der Waals surface area contributed by atoms with E-state index < -0.39 is 0 Å². The maximum absolute atomic E-state index is 8.81. The molecule has 1 N–H and O–H groups in total. The second-order valence-electron chi connectivity index (χ2n) is 5.01. The van der Waals surface area contributed by atoms with Gasteiger partial charge in [0, 0.05) is 39.3 Å². The Balaban J connectivity index is 2.22. The van der Waals surface area contributed by atoms with Crippen molar-refractivity contribution < 1.29 is 5.11 Å². The second-order valence-corrected chi connectivity index (χ2v) is 5.01. The van der Waals surface area contributed by atoms with E-state index in [9.17, 15) is 0 Å². The van der Waals surface area contributed by atoms with Crippen LogP contribution >= 0.6 is 0 Å². The summed E-state index contributed by atoms with van der Waals surface area (Å²) in [6.07, 6.45) is 0. The summed E-state index contributed by atoms with van der Waals surface area (Å²) in [4.78, 5) is 4.77. The Morgan fingerprint density at radius 1 is 1.14 bits per heavy atom. The van der Waals surface area contributed by atoms with Crippen LogP contribution in [0, 0.1) is 12.3 Å². The van der Waals surface area contributed by atoms with Gasteiger partial charge in [0.25, 0.3) is 0 Å². The molecule has 3 nitrogen and oxygen atoms in total. The Hall–Kier alpha value is -0.120. The average molecular weight is 199 g/mol. The Morgan fingerprint density at radius 2 is 1.64 bits per heavy atom. The molecule has 0 saturated carbocycles. The van der Waals surface area contributed by atoms with Gasteiger partial charge in [0.1, 0.15) is 0 Å². The maximum atomic E-state index is 8.81. The summed E-state index contributed by atoms with van der Waals surface area (Å²) in [6.45, 7) is 15.0. The first-order chi connectivity index (χ1) is 6.51. The summed E-state index contributed by atoms with van der Waals surface area (Å²) < 4.78 is 0. The summed E-state index contributed by atoms with van der Waals surface area (Å²) in [5, 5.41) is 8.81. The van der Waals surface area contributed by atoms with Gasteiger partial charge in [-0.15, -0.1) is 0 Å². The molecule has 1 aliphatic rings. The number of hydrogen-bond acceptors (Lipinski definition) is 3. The maximum Gasteiger partial charge on any atom is 0.0558 e. The lowest BCUT2D eigenvalue weighted by molar-refractivity contribution is 0.0947. The average Bonchev–Trinajstić information content (AvgIpc) is 2.06. The van der Waals surface area contributed by atoms with E-state index >= 15 is 0 Å². The van der Waals surface area contributed by atoms with E-state index in [-0.39, 0.29) is 12.0 Å². The zero-order valence-corrected chi connectivity index (χ0v) is 9.50. The molecule has 0 spiro atoms. The molecule has 1 fully saturated rings. The van der Waals surface area contributed by atoms with Crippen LogP contribution in [0.4, 0.5) is 0 Å². The summed E-state index contributed by atoms with van der Waals surface area (Å²) in [7, 11) is 0. The lowest BCUT2D eigenvalue weighted by Gasteiger charge is -2.37. The Kier molecular flexibility index (Phi) is 4.35. The van der Waals surface area contributed by atoms with Crippen molar-refractivity contribution in [3.05, 3.63) is 6.92 Å². The normalized spacial score (nSPS) is 21.4. The molecule has 0 amide bonds. The van der Waals surface area contributed by atoms with Crippen molar-refractivity contribution in [3.8, 4) is 0 Å². The van der Waals surface area contributed by atoms with E-state index in [1.54, 1.807) is 0 Å². The second kappa shape index (κ2) is 5.10. The molecule has 0 unspecified atom stereocenters. The first kappa shape index (κ1) is 12.0. The molecule has 0 bridgehead atoms. The molecule has 1 aliphatic heterocycles. The van der Waals surface area contributed by atoms with Crippen LogP contribution in [0.2, 0.25) is 0 Å². The topological polar surface area (TPSA) is 26.7 Å². The van der Waals surface area contributed by atoms with E-state index in [1.165, 1.54) is 0 Å². The molecular formula is C11H23N2O. The molecule has 1 rings (SSSR count). The van der Waals surface area contributed by atoms with E-state index in [4.69, 9.17) is 5.11 Å². The van der Waals surface area contributed by atoms with Crippen LogP contribution in [0.15, 0.2) is 0 Å². The zero-order chi connectivity index (χ0) is 10.6. The lowest BCUT2D eigenvalue weighted by atomic mass is 9.96. The molecule has 0 aliphatic carbocycles. The molecule has 0 aromatic heterocycles. The molecule has 3 heteroatoms. The minimum Gasteiger partial charge on any atom is -0.395 e. The summed E-state index contributed by atoms with van der Waals surface area (Å²) in [6, 6.07) is 0.